The van der Waals surface area contributed by atoms with Crippen molar-refractivity contribution in [2.45, 2.75) is 51.1 Å². The minimum absolute atomic E-state index is 0.0821. The molecule has 2 aromatic rings. The fourth-order valence-corrected chi connectivity index (χ4v) is 3.93. The highest BCUT2D eigenvalue weighted by molar-refractivity contribution is 5.74. The summed E-state index contributed by atoms with van der Waals surface area (Å²) in [4.78, 5) is 20.3. The summed E-state index contributed by atoms with van der Waals surface area (Å²) in [5, 5.41) is 6.06. The summed E-state index contributed by atoms with van der Waals surface area (Å²) in [6, 6.07) is 4.08. The molecule has 6 nitrogen and oxygen atoms in total. The van der Waals surface area contributed by atoms with E-state index in [1.165, 1.54) is 38.5 Å². The summed E-state index contributed by atoms with van der Waals surface area (Å²) >= 11 is 0. The number of hydrogen-bond acceptors (Lipinski definition) is 4. The van der Waals surface area contributed by atoms with Gasteiger partial charge in [0, 0.05) is 18.8 Å². The molecule has 2 N–H and O–H groups in total. The first kappa shape index (κ1) is 16.1. The second-order valence-corrected chi connectivity index (χ2v) is 7.15. The standard InChI is InChI=1S/C19H24N4O2/c24-19(23-16-9-15(16)14-4-2-1-3-5-14)22-10-13-6-7-21-17(8-13)18-11-20-12-25-18/h6-8,11-12,14-16H,1-5,9-10H2,(H2,22,23,24)/t15-,16+/m0/s1. The van der Waals surface area contributed by atoms with Crippen LogP contribution in [0.1, 0.15) is 44.1 Å². The van der Waals surface area contributed by atoms with Gasteiger partial charge >= 0.3 is 6.03 Å². The van der Waals surface area contributed by atoms with Crippen molar-refractivity contribution < 1.29 is 9.21 Å². The number of rotatable bonds is 5. The van der Waals surface area contributed by atoms with Crippen molar-refractivity contribution >= 4 is 6.03 Å². The molecule has 2 heterocycles. The highest BCUT2D eigenvalue weighted by atomic mass is 16.3. The molecule has 2 fully saturated rings. The maximum absolute atomic E-state index is 12.1. The molecule has 25 heavy (non-hydrogen) atoms. The average Bonchev–Trinajstić information content (AvgIpc) is 3.19. The second-order valence-electron chi connectivity index (χ2n) is 7.15. The Bertz CT molecular complexity index is 710. The minimum Gasteiger partial charge on any atom is -0.442 e. The zero-order valence-electron chi connectivity index (χ0n) is 14.3. The van der Waals surface area contributed by atoms with Gasteiger partial charge in [0.25, 0.3) is 0 Å². The molecular formula is C19H24N4O2. The van der Waals surface area contributed by atoms with Gasteiger partial charge in [0.15, 0.2) is 12.2 Å². The van der Waals surface area contributed by atoms with Crippen LogP contribution in [0, 0.1) is 11.8 Å². The number of oxazole rings is 1. The van der Waals surface area contributed by atoms with Crippen molar-refractivity contribution in [3.8, 4) is 11.5 Å². The maximum atomic E-state index is 12.1. The van der Waals surface area contributed by atoms with E-state index < -0.39 is 0 Å². The molecular weight excluding hydrogens is 316 g/mol. The average molecular weight is 340 g/mol. The maximum Gasteiger partial charge on any atom is 0.315 e. The van der Waals surface area contributed by atoms with Crippen LogP contribution in [0.5, 0.6) is 0 Å². The summed E-state index contributed by atoms with van der Waals surface area (Å²) in [6.07, 6.45) is 12.6. The third kappa shape index (κ3) is 4.00. The van der Waals surface area contributed by atoms with Crippen LogP contribution >= 0.6 is 0 Å². The SMILES string of the molecule is O=C(NCc1ccnc(-c2cnco2)c1)N[C@@H]1C[C@H]1C1CCCCC1. The third-order valence-corrected chi connectivity index (χ3v) is 5.37. The molecule has 4 rings (SSSR count). The molecule has 0 bridgehead atoms. The molecule has 0 radical (unpaired) electrons. The Morgan fingerprint density at radius 2 is 2.16 bits per heavy atom. The van der Waals surface area contributed by atoms with Crippen molar-refractivity contribution in [2.75, 3.05) is 0 Å². The molecule has 0 aromatic carbocycles. The quantitative estimate of drug-likeness (QED) is 0.873. The third-order valence-electron chi connectivity index (χ3n) is 5.37. The number of urea groups is 1. The molecule has 2 saturated carbocycles. The molecule has 2 atom stereocenters. The van der Waals surface area contributed by atoms with Crippen LogP contribution in [0.3, 0.4) is 0 Å². The Balaban J connectivity index is 1.25. The highest BCUT2D eigenvalue weighted by Crippen LogP contribution is 2.44. The molecule has 0 spiro atoms. The topological polar surface area (TPSA) is 80.1 Å². The van der Waals surface area contributed by atoms with E-state index in [4.69, 9.17) is 4.42 Å². The molecule has 132 valence electrons. The number of nitrogens with one attached hydrogen (secondary N) is 2. The lowest BCUT2D eigenvalue weighted by molar-refractivity contribution is 0.238. The van der Waals surface area contributed by atoms with Crippen LogP contribution < -0.4 is 10.6 Å². The summed E-state index contributed by atoms with van der Waals surface area (Å²) in [5.74, 6) is 2.15. The lowest BCUT2D eigenvalue weighted by Crippen LogP contribution is -2.37. The van der Waals surface area contributed by atoms with Crippen molar-refractivity contribution in [1.29, 1.82) is 0 Å². The first-order valence-corrected chi connectivity index (χ1v) is 9.18. The largest absolute Gasteiger partial charge is 0.442 e. The predicted octanol–water partition coefficient (Wildman–Crippen LogP) is 3.50. The molecule has 0 saturated heterocycles. The van der Waals surface area contributed by atoms with Gasteiger partial charge in [-0.25, -0.2) is 9.78 Å². The zero-order valence-corrected chi connectivity index (χ0v) is 14.3. The van der Waals surface area contributed by atoms with Gasteiger partial charge in [-0.3, -0.25) is 4.98 Å². The van der Waals surface area contributed by atoms with Crippen molar-refractivity contribution in [3.63, 3.8) is 0 Å². The molecule has 2 aliphatic rings. The molecule has 0 unspecified atom stereocenters. The van der Waals surface area contributed by atoms with Gasteiger partial charge in [-0.1, -0.05) is 32.1 Å². The number of carbonyl (C=O) groups is 1. The van der Waals surface area contributed by atoms with Crippen LogP contribution in [0.25, 0.3) is 11.5 Å². The number of aromatic nitrogens is 2. The van der Waals surface area contributed by atoms with Crippen LogP contribution in [0.4, 0.5) is 4.79 Å². The summed E-state index contributed by atoms with van der Waals surface area (Å²) < 4.78 is 5.26. The number of hydrogen-bond donors (Lipinski definition) is 2. The Hall–Kier alpha value is -2.37. The van der Waals surface area contributed by atoms with E-state index in [9.17, 15) is 4.79 Å². The number of nitrogens with zero attached hydrogens (tertiary/aromatic N) is 2. The van der Waals surface area contributed by atoms with Gasteiger partial charge in [0.05, 0.1) is 6.20 Å². The minimum atomic E-state index is -0.0821. The van der Waals surface area contributed by atoms with E-state index in [1.54, 1.807) is 12.4 Å². The van der Waals surface area contributed by atoms with Crippen LogP contribution in [-0.4, -0.2) is 22.0 Å². The molecule has 2 aliphatic carbocycles. The van der Waals surface area contributed by atoms with Crippen LogP contribution in [0.2, 0.25) is 0 Å². The highest BCUT2D eigenvalue weighted by Gasteiger charge is 2.43. The van der Waals surface area contributed by atoms with E-state index in [0.29, 0.717) is 24.3 Å². The van der Waals surface area contributed by atoms with Gasteiger partial charge < -0.3 is 15.1 Å². The zero-order chi connectivity index (χ0) is 17.1. The van der Waals surface area contributed by atoms with Gasteiger partial charge in [-0.05, 0) is 36.0 Å². The lowest BCUT2D eigenvalue weighted by Gasteiger charge is -2.21. The lowest BCUT2D eigenvalue weighted by atomic mass is 9.85. The van der Waals surface area contributed by atoms with E-state index in [2.05, 4.69) is 20.6 Å². The number of carbonyl (C=O) groups excluding carboxylic acids is 1. The van der Waals surface area contributed by atoms with Crippen LogP contribution in [-0.2, 0) is 6.54 Å². The van der Waals surface area contributed by atoms with E-state index in [0.717, 1.165) is 23.6 Å². The Kier molecular flexibility index (Phi) is 4.68. The normalized spacial score (nSPS) is 23.2. The Morgan fingerprint density at radius 1 is 1.28 bits per heavy atom. The van der Waals surface area contributed by atoms with Gasteiger partial charge in [0.1, 0.15) is 5.69 Å². The van der Waals surface area contributed by atoms with Gasteiger partial charge in [-0.2, -0.15) is 0 Å². The van der Waals surface area contributed by atoms with E-state index in [-0.39, 0.29) is 6.03 Å². The first-order chi connectivity index (χ1) is 12.3. The number of amides is 2. The van der Waals surface area contributed by atoms with Gasteiger partial charge in [-0.15, -0.1) is 0 Å². The second kappa shape index (κ2) is 7.25. The van der Waals surface area contributed by atoms with Crippen LogP contribution in [0.15, 0.2) is 35.3 Å². The van der Waals surface area contributed by atoms with Crippen molar-refractivity contribution in [3.05, 3.63) is 36.5 Å². The molecule has 6 heteroatoms. The number of pyridine rings is 1. The first-order valence-electron chi connectivity index (χ1n) is 9.18. The summed E-state index contributed by atoms with van der Waals surface area (Å²) in [7, 11) is 0. The summed E-state index contributed by atoms with van der Waals surface area (Å²) in [5.41, 5.74) is 1.70. The smallest absolute Gasteiger partial charge is 0.315 e. The molecule has 2 amide bonds. The predicted molar refractivity (Wildman–Crippen MR) is 93.6 cm³/mol. The Labute approximate surface area is 147 Å². The monoisotopic (exact) mass is 340 g/mol. The van der Waals surface area contributed by atoms with E-state index in [1.807, 2.05) is 12.1 Å². The van der Waals surface area contributed by atoms with Crippen molar-refractivity contribution in [1.82, 2.24) is 20.6 Å². The van der Waals surface area contributed by atoms with Crippen molar-refractivity contribution in [2.24, 2.45) is 11.8 Å². The fourth-order valence-electron chi connectivity index (χ4n) is 3.93. The molecule has 0 aliphatic heterocycles. The van der Waals surface area contributed by atoms with Gasteiger partial charge in [0.2, 0.25) is 0 Å². The Morgan fingerprint density at radius 3 is 2.96 bits per heavy atom. The van der Waals surface area contributed by atoms with E-state index >= 15 is 0 Å². The fraction of sp³-hybridized carbons (Fsp3) is 0.526. The summed E-state index contributed by atoms with van der Waals surface area (Å²) in [6.45, 7) is 0.469. The molecule has 2 aromatic heterocycles.